The fraction of sp³-hybridized carbons (Fsp3) is 0.200. The molecule has 1 N–H and O–H groups in total. The summed E-state index contributed by atoms with van der Waals surface area (Å²) in [5.74, 6) is 1.39. The molecule has 30 heavy (non-hydrogen) atoms. The van der Waals surface area contributed by atoms with Crippen LogP contribution in [0.2, 0.25) is 10.0 Å². The van der Waals surface area contributed by atoms with E-state index in [1.807, 2.05) is 35.8 Å². The summed E-state index contributed by atoms with van der Waals surface area (Å²) in [5, 5.41) is 14.1. The Labute approximate surface area is 188 Å². The normalized spacial score (nSPS) is 11.1. The second-order valence-electron chi connectivity index (χ2n) is 6.03. The highest BCUT2D eigenvalue weighted by Gasteiger charge is 2.14. The van der Waals surface area contributed by atoms with Gasteiger partial charge < -0.3 is 9.30 Å². The molecule has 1 heterocycles. The van der Waals surface area contributed by atoms with E-state index < -0.39 is 0 Å². The average molecular weight is 464 g/mol. The number of nitrogens with one attached hydrogen (secondary N) is 1. The molecule has 0 unspecified atom stereocenters. The Morgan fingerprint density at radius 3 is 2.67 bits per heavy atom. The fourth-order valence-electron chi connectivity index (χ4n) is 2.58. The van der Waals surface area contributed by atoms with Crippen LogP contribution in [0.15, 0.2) is 52.7 Å². The molecule has 0 aliphatic carbocycles. The third kappa shape index (κ3) is 5.53. The van der Waals surface area contributed by atoms with Crippen LogP contribution in [0, 0.1) is 0 Å². The predicted molar refractivity (Wildman–Crippen MR) is 121 cm³/mol. The maximum atomic E-state index is 12.1. The first-order valence-corrected chi connectivity index (χ1v) is 10.7. The van der Waals surface area contributed by atoms with Crippen molar-refractivity contribution < 1.29 is 9.53 Å². The summed E-state index contributed by atoms with van der Waals surface area (Å²) in [6, 6.07) is 12.6. The lowest BCUT2D eigenvalue weighted by Crippen LogP contribution is -2.20. The number of carbonyl (C=O) groups excluding carboxylic acids is 1. The molecule has 10 heteroatoms. The first-order chi connectivity index (χ1) is 14.5. The van der Waals surface area contributed by atoms with E-state index in [1.165, 1.54) is 18.0 Å². The number of hydrogen-bond acceptors (Lipinski definition) is 6. The van der Waals surface area contributed by atoms with E-state index in [0.29, 0.717) is 27.3 Å². The maximum Gasteiger partial charge on any atom is 0.250 e. The Balaban J connectivity index is 1.60. The van der Waals surface area contributed by atoms with Crippen LogP contribution in [0.4, 0.5) is 0 Å². The Morgan fingerprint density at radius 2 is 2.00 bits per heavy atom. The van der Waals surface area contributed by atoms with Gasteiger partial charge in [0.1, 0.15) is 5.75 Å². The topological polar surface area (TPSA) is 81.4 Å². The minimum absolute atomic E-state index is 0.145. The van der Waals surface area contributed by atoms with Gasteiger partial charge in [-0.15, -0.1) is 10.2 Å². The Kier molecular flexibility index (Phi) is 7.73. The number of hydrazone groups is 1. The van der Waals surface area contributed by atoms with E-state index in [2.05, 4.69) is 20.7 Å². The maximum absolute atomic E-state index is 12.1. The molecule has 0 fully saturated rings. The van der Waals surface area contributed by atoms with Gasteiger partial charge in [-0.3, -0.25) is 4.79 Å². The highest BCUT2D eigenvalue weighted by atomic mass is 35.5. The van der Waals surface area contributed by atoms with Crippen LogP contribution < -0.4 is 10.2 Å². The molecule has 3 aromatic rings. The summed E-state index contributed by atoms with van der Waals surface area (Å²) >= 11 is 13.2. The van der Waals surface area contributed by atoms with Gasteiger partial charge in [-0.1, -0.05) is 41.0 Å². The van der Waals surface area contributed by atoms with E-state index >= 15 is 0 Å². The molecule has 0 aliphatic rings. The van der Waals surface area contributed by atoms with Crippen molar-refractivity contribution in [1.82, 2.24) is 20.2 Å². The largest absolute Gasteiger partial charge is 0.497 e. The van der Waals surface area contributed by atoms with E-state index in [0.717, 1.165) is 17.1 Å². The van der Waals surface area contributed by atoms with Gasteiger partial charge in [-0.25, -0.2) is 5.43 Å². The summed E-state index contributed by atoms with van der Waals surface area (Å²) in [7, 11) is 1.62. The van der Waals surface area contributed by atoms with Gasteiger partial charge >= 0.3 is 0 Å². The number of ether oxygens (including phenoxy) is 1. The number of halogens is 2. The van der Waals surface area contributed by atoms with E-state index in [1.54, 1.807) is 25.3 Å². The number of aromatic nitrogens is 3. The van der Waals surface area contributed by atoms with Crippen LogP contribution in [0.25, 0.3) is 11.4 Å². The van der Waals surface area contributed by atoms with Crippen LogP contribution in [0.3, 0.4) is 0 Å². The molecule has 0 radical (unpaired) electrons. The van der Waals surface area contributed by atoms with Crippen LogP contribution in [0.5, 0.6) is 5.75 Å². The lowest BCUT2D eigenvalue weighted by atomic mass is 10.2. The molecule has 1 amide bonds. The number of rotatable bonds is 8. The summed E-state index contributed by atoms with van der Waals surface area (Å²) in [5.41, 5.74) is 4.06. The highest BCUT2D eigenvalue weighted by molar-refractivity contribution is 7.99. The first kappa shape index (κ1) is 22.1. The van der Waals surface area contributed by atoms with Crippen molar-refractivity contribution in [3.63, 3.8) is 0 Å². The quantitative estimate of drug-likeness (QED) is 0.301. The van der Waals surface area contributed by atoms with Crippen molar-refractivity contribution in [2.45, 2.75) is 18.6 Å². The lowest BCUT2D eigenvalue weighted by Gasteiger charge is -2.07. The zero-order valence-electron chi connectivity index (χ0n) is 16.3. The van der Waals surface area contributed by atoms with E-state index in [-0.39, 0.29) is 11.7 Å². The van der Waals surface area contributed by atoms with Gasteiger partial charge in [0.05, 0.1) is 24.1 Å². The predicted octanol–water partition coefficient (Wildman–Crippen LogP) is 4.52. The van der Waals surface area contributed by atoms with Gasteiger partial charge in [0.2, 0.25) is 0 Å². The van der Waals surface area contributed by atoms with Crippen molar-refractivity contribution in [2.24, 2.45) is 5.10 Å². The van der Waals surface area contributed by atoms with Gasteiger partial charge in [0.25, 0.3) is 5.91 Å². The monoisotopic (exact) mass is 463 g/mol. The van der Waals surface area contributed by atoms with E-state index in [4.69, 9.17) is 27.9 Å². The molecule has 1 aromatic heterocycles. The van der Waals surface area contributed by atoms with Crippen molar-refractivity contribution in [1.29, 1.82) is 0 Å². The standard InChI is InChI=1S/C20H19Cl2N5O2S/c1-3-27-19(13-5-8-16(29-2)9-6-13)25-26-20(27)30-12-18(28)24-23-11-14-4-7-15(21)10-17(14)22/h4-11H,3,12H2,1-2H3,(H,24,28)/b23-11-. The van der Waals surface area contributed by atoms with Gasteiger partial charge in [0, 0.05) is 22.7 Å². The van der Waals surface area contributed by atoms with Crippen molar-refractivity contribution in [2.75, 3.05) is 12.9 Å². The van der Waals surface area contributed by atoms with Gasteiger partial charge in [-0.05, 0) is 43.3 Å². The number of amides is 1. The molecule has 7 nitrogen and oxygen atoms in total. The lowest BCUT2D eigenvalue weighted by molar-refractivity contribution is -0.118. The molecule has 0 aliphatic heterocycles. The summed E-state index contributed by atoms with van der Waals surface area (Å²) in [6.07, 6.45) is 1.47. The summed E-state index contributed by atoms with van der Waals surface area (Å²) in [4.78, 5) is 12.1. The molecule has 3 rings (SSSR count). The van der Waals surface area contributed by atoms with Crippen LogP contribution in [0.1, 0.15) is 12.5 Å². The Morgan fingerprint density at radius 1 is 1.23 bits per heavy atom. The second-order valence-corrected chi connectivity index (χ2v) is 7.81. The average Bonchev–Trinajstić information content (AvgIpc) is 3.16. The Hall–Kier alpha value is -2.55. The molecule has 2 aromatic carbocycles. The fourth-order valence-corrected chi connectivity index (χ4v) is 3.83. The van der Waals surface area contributed by atoms with E-state index in [9.17, 15) is 4.79 Å². The molecule has 0 saturated heterocycles. The minimum atomic E-state index is -0.266. The molecule has 156 valence electrons. The Bertz CT molecular complexity index is 1050. The molecule has 0 bridgehead atoms. The molecular formula is C20H19Cl2N5O2S. The molecular weight excluding hydrogens is 445 g/mol. The third-order valence-corrected chi connectivity index (χ3v) is 5.60. The summed E-state index contributed by atoms with van der Waals surface area (Å²) < 4.78 is 7.14. The molecule has 0 spiro atoms. The van der Waals surface area contributed by atoms with Gasteiger partial charge in [0.15, 0.2) is 11.0 Å². The second kappa shape index (κ2) is 10.5. The van der Waals surface area contributed by atoms with Gasteiger partial charge in [-0.2, -0.15) is 5.10 Å². The molecule has 0 atom stereocenters. The minimum Gasteiger partial charge on any atom is -0.497 e. The van der Waals surface area contributed by atoms with Crippen LogP contribution in [-0.2, 0) is 11.3 Å². The first-order valence-electron chi connectivity index (χ1n) is 8.99. The number of carbonyl (C=O) groups is 1. The van der Waals surface area contributed by atoms with Crippen molar-refractivity contribution in [3.8, 4) is 17.1 Å². The number of benzene rings is 2. The van der Waals surface area contributed by atoms with Crippen molar-refractivity contribution >= 4 is 47.1 Å². The van der Waals surface area contributed by atoms with Crippen LogP contribution in [-0.4, -0.2) is 39.7 Å². The number of methoxy groups -OCH3 is 1. The summed E-state index contributed by atoms with van der Waals surface area (Å²) in [6.45, 7) is 2.67. The zero-order valence-corrected chi connectivity index (χ0v) is 18.6. The van der Waals surface area contributed by atoms with Crippen molar-refractivity contribution in [3.05, 3.63) is 58.1 Å². The van der Waals surface area contributed by atoms with Crippen LogP contribution >= 0.6 is 35.0 Å². The third-order valence-electron chi connectivity index (χ3n) is 4.07. The zero-order chi connectivity index (χ0) is 21.5. The SMILES string of the molecule is CCn1c(SCC(=O)N/N=C\c2ccc(Cl)cc2Cl)nnc1-c1ccc(OC)cc1. The highest BCUT2D eigenvalue weighted by Crippen LogP contribution is 2.25. The number of thioether (sulfide) groups is 1. The number of nitrogens with zero attached hydrogens (tertiary/aromatic N) is 4. The number of hydrogen-bond donors (Lipinski definition) is 1. The smallest absolute Gasteiger partial charge is 0.250 e. The molecule has 0 saturated carbocycles.